The van der Waals surface area contributed by atoms with E-state index in [4.69, 9.17) is 27.9 Å². The van der Waals surface area contributed by atoms with Crippen LogP contribution in [0.2, 0.25) is 10.0 Å². The number of para-hydroxylation sites is 2. The number of benzene rings is 2. The minimum Gasteiger partial charge on any atom is -0.485 e. The fourth-order valence-electron chi connectivity index (χ4n) is 2.56. The summed E-state index contributed by atoms with van der Waals surface area (Å²) in [5, 5.41) is 4.65. The van der Waals surface area contributed by atoms with Crippen LogP contribution in [0.3, 0.4) is 0 Å². The standard InChI is InChI=1S/C16H15Cl2NO/c1-16(2)15(10-6-3-4-9-13(10)20-16)19-14-11(17)7-5-8-12(14)18/h3-9,15,19H,1-2H3. The Morgan fingerprint density at radius 1 is 1.00 bits per heavy atom. The zero-order valence-electron chi connectivity index (χ0n) is 11.3. The van der Waals surface area contributed by atoms with E-state index in [-0.39, 0.29) is 11.6 Å². The molecule has 1 heterocycles. The van der Waals surface area contributed by atoms with Crippen molar-refractivity contribution >= 4 is 28.9 Å². The summed E-state index contributed by atoms with van der Waals surface area (Å²) >= 11 is 12.5. The molecule has 4 heteroatoms. The molecule has 104 valence electrons. The second-order valence-corrected chi connectivity index (χ2v) is 6.23. The third-order valence-electron chi connectivity index (χ3n) is 3.55. The van der Waals surface area contributed by atoms with Gasteiger partial charge < -0.3 is 10.1 Å². The zero-order chi connectivity index (χ0) is 14.3. The van der Waals surface area contributed by atoms with E-state index in [1.165, 1.54) is 0 Å². The molecule has 0 fully saturated rings. The van der Waals surface area contributed by atoms with Gasteiger partial charge >= 0.3 is 0 Å². The molecule has 2 aromatic rings. The summed E-state index contributed by atoms with van der Waals surface area (Å²) in [4.78, 5) is 0. The van der Waals surface area contributed by atoms with E-state index in [9.17, 15) is 0 Å². The largest absolute Gasteiger partial charge is 0.485 e. The second-order valence-electron chi connectivity index (χ2n) is 5.42. The van der Waals surface area contributed by atoms with Gasteiger partial charge in [-0.3, -0.25) is 0 Å². The van der Waals surface area contributed by atoms with E-state index in [1.54, 1.807) is 0 Å². The van der Waals surface area contributed by atoms with Gasteiger partial charge in [0.05, 0.1) is 21.8 Å². The second kappa shape index (κ2) is 4.87. The summed E-state index contributed by atoms with van der Waals surface area (Å²) in [5.74, 6) is 0.901. The molecule has 2 nitrogen and oxygen atoms in total. The van der Waals surface area contributed by atoms with Gasteiger partial charge in [-0.1, -0.05) is 47.5 Å². The van der Waals surface area contributed by atoms with E-state index >= 15 is 0 Å². The molecule has 0 aromatic heterocycles. The lowest BCUT2D eigenvalue weighted by Gasteiger charge is -2.28. The van der Waals surface area contributed by atoms with Gasteiger partial charge in [0.25, 0.3) is 0 Å². The minimum absolute atomic E-state index is 0.00361. The Balaban J connectivity index is 2.02. The van der Waals surface area contributed by atoms with E-state index in [1.807, 2.05) is 36.4 Å². The normalized spacial score (nSPS) is 19.3. The number of nitrogens with one attached hydrogen (secondary N) is 1. The molecule has 20 heavy (non-hydrogen) atoms. The summed E-state index contributed by atoms with van der Waals surface area (Å²) in [5.41, 5.74) is 1.49. The SMILES string of the molecule is CC1(C)Oc2ccccc2C1Nc1c(Cl)cccc1Cl. The van der Waals surface area contributed by atoms with Crippen molar-refractivity contribution < 1.29 is 4.74 Å². The number of halogens is 2. The minimum atomic E-state index is -0.369. The molecule has 2 aromatic carbocycles. The highest BCUT2D eigenvalue weighted by Gasteiger charge is 2.41. The highest BCUT2D eigenvalue weighted by Crippen LogP contribution is 2.46. The molecular weight excluding hydrogens is 293 g/mol. The van der Waals surface area contributed by atoms with Crippen molar-refractivity contribution in [1.82, 2.24) is 0 Å². The van der Waals surface area contributed by atoms with Gasteiger partial charge in [-0.2, -0.15) is 0 Å². The highest BCUT2D eigenvalue weighted by molar-refractivity contribution is 6.39. The number of fused-ring (bicyclic) bond motifs is 1. The number of hydrogen-bond donors (Lipinski definition) is 1. The van der Waals surface area contributed by atoms with Gasteiger partial charge in [-0.05, 0) is 32.0 Å². The molecular formula is C16H15Cl2NO. The van der Waals surface area contributed by atoms with Crippen molar-refractivity contribution in [3.8, 4) is 5.75 Å². The van der Waals surface area contributed by atoms with Crippen molar-refractivity contribution in [2.45, 2.75) is 25.5 Å². The molecule has 0 saturated carbocycles. The van der Waals surface area contributed by atoms with Crippen molar-refractivity contribution in [1.29, 1.82) is 0 Å². The molecule has 1 atom stereocenters. The molecule has 1 unspecified atom stereocenters. The van der Waals surface area contributed by atoms with Crippen molar-refractivity contribution in [3.63, 3.8) is 0 Å². The van der Waals surface area contributed by atoms with Crippen molar-refractivity contribution in [2.24, 2.45) is 0 Å². The number of ether oxygens (including phenoxy) is 1. The lowest BCUT2D eigenvalue weighted by Crippen LogP contribution is -2.34. The van der Waals surface area contributed by atoms with Crippen LogP contribution in [-0.2, 0) is 0 Å². The monoisotopic (exact) mass is 307 g/mol. The molecule has 0 aliphatic carbocycles. The molecule has 0 saturated heterocycles. The van der Waals surface area contributed by atoms with Gasteiger partial charge in [-0.15, -0.1) is 0 Å². The number of anilines is 1. The first-order chi connectivity index (χ1) is 9.49. The third kappa shape index (κ3) is 2.23. The van der Waals surface area contributed by atoms with Crippen LogP contribution in [-0.4, -0.2) is 5.60 Å². The Bertz CT molecular complexity index is 634. The Morgan fingerprint density at radius 2 is 1.65 bits per heavy atom. The van der Waals surface area contributed by atoms with E-state index in [0.29, 0.717) is 10.0 Å². The van der Waals surface area contributed by atoms with Crippen LogP contribution >= 0.6 is 23.2 Å². The Labute approximate surface area is 128 Å². The fourth-order valence-corrected chi connectivity index (χ4v) is 3.07. The Morgan fingerprint density at radius 3 is 2.35 bits per heavy atom. The van der Waals surface area contributed by atoms with Gasteiger partial charge in [-0.25, -0.2) is 0 Å². The predicted octanol–water partition coefficient (Wildman–Crippen LogP) is 5.32. The van der Waals surface area contributed by atoms with Gasteiger partial charge in [0, 0.05) is 5.56 Å². The van der Waals surface area contributed by atoms with Crippen LogP contribution in [0.5, 0.6) is 5.75 Å². The first kappa shape index (κ1) is 13.6. The quantitative estimate of drug-likeness (QED) is 0.811. The molecule has 1 N–H and O–H groups in total. The lowest BCUT2D eigenvalue weighted by molar-refractivity contribution is 0.118. The van der Waals surface area contributed by atoms with Crippen LogP contribution in [0.15, 0.2) is 42.5 Å². The fraction of sp³-hybridized carbons (Fsp3) is 0.250. The Hall–Kier alpha value is -1.38. The Kier molecular flexibility index (Phi) is 3.31. The first-order valence-electron chi connectivity index (χ1n) is 6.47. The van der Waals surface area contributed by atoms with Crippen molar-refractivity contribution in [2.75, 3.05) is 5.32 Å². The highest BCUT2D eigenvalue weighted by atomic mass is 35.5. The van der Waals surface area contributed by atoms with Gasteiger partial charge in [0.1, 0.15) is 11.4 Å². The van der Waals surface area contributed by atoms with Crippen LogP contribution in [0.4, 0.5) is 5.69 Å². The first-order valence-corrected chi connectivity index (χ1v) is 7.23. The third-order valence-corrected chi connectivity index (χ3v) is 4.18. The van der Waals surface area contributed by atoms with E-state index in [0.717, 1.165) is 17.0 Å². The van der Waals surface area contributed by atoms with E-state index in [2.05, 4.69) is 25.2 Å². The number of hydrogen-bond acceptors (Lipinski definition) is 2. The molecule has 3 rings (SSSR count). The summed E-state index contributed by atoms with van der Waals surface area (Å²) in [6, 6.07) is 13.5. The molecule has 0 bridgehead atoms. The smallest absolute Gasteiger partial charge is 0.128 e. The lowest BCUT2D eigenvalue weighted by atomic mass is 9.94. The van der Waals surface area contributed by atoms with Crippen LogP contribution < -0.4 is 10.1 Å². The maximum atomic E-state index is 6.24. The topological polar surface area (TPSA) is 21.3 Å². The van der Waals surface area contributed by atoms with Crippen LogP contribution in [0.1, 0.15) is 25.5 Å². The van der Waals surface area contributed by atoms with Gasteiger partial charge in [0.15, 0.2) is 0 Å². The van der Waals surface area contributed by atoms with Crippen molar-refractivity contribution in [3.05, 3.63) is 58.1 Å². The summed E-state index contributed by atoms with van der Waals surface area (Å²) in [6.07, 6.45) is 0. The predicted molar refractivity (Wildman–Crippen MR) is 84.0 cm³/mol. The maximum Gasteiger partial charge on any atom is 0.128 e. The van der Waals surface area contributed by atoms with Crippen LogP contribution in [0, 0.1) is 0 Å². The average Bonchev–Trinajstić information content (AvgIpc) is 2.64. The summed E-state index contributed by atoms with van der Waals surface area (Å²) in [6.45, 7) is 4.10. The molecule has 1 aliphatic heterocycles. The van der Waals surface area contributed by atoms with E-state index < -0.39 is 0 Å². The maximum absolute atomic E-state index is 6.24. The van der Waals surface area contributed by atoms with Gasteiger partial charge in [0.2, 0.25) is 0 Å². The van der Waals surface area contributed by atoms with Crippen LogP contribution in [0.25, 0.3) is 0 Å². The molecule has 0 spiro atoms. The molecule has 0 radical (unpaired) electrons. The summed E-state index contributed by atoms with van der Waals surface area (Å²) < 4.78 is 6.01. The number of rotatable bonds is 2. The average molecular weight is 308 g/mol. The zero-order valence-corrected chi connectivity index (χ0v) is 12.8. The molecule has 0 amide bonds. The molecule has 1 aliphatic rings. The summed E-state index contributed by atoms with van der Waals surface area (Å²) in [7, 11) is 0.